The van der Waals surface area contributed by atoms with E-state index in [1.165, 1.54) is 0 Å². The molecule has 0 saturated carbocycles. The van der Waals surface area contributed by atoms with E-state index in [0.717, 1.165) is 39.1 Å². The fourth-order valence-corrected chi connectivity index (χ4v) is 1.62. The van der Waals surface area contributed by atoms with Gasteiger partial charge in [-0.05, 0) is 32.2 Å². The highest BCUT2D eigenvalue weighted by molar-refractivity contribution is 5.16. The lowest BCUT2D eigenvalue weighted by Gasteiger charge is -2.08. The second-order valence-electron chi connectivity index (χ2n) is 5.37. The van der Waals surface area contributed by atoms with E-state index < -0.39 is 0 Å². The number of ether oxygens (including phenoxy) is 1. The fraction of sp³-hybridized carbons (Fsp3) is 0.857. The number of rotatable bonds is 11. The smallest absolute Gasteiger partial charge is 0.315 e. The molecule has 0 amide bonds. The van der Waals surface area contributed by atoms with E-state index in [2.05, 4.69) is 41.6 Å². The normalized spacial score (nSPS) is 12.8. The number of hydrogen-bond acceptors (Lipinski definition) is 6. The molecular weight excluding hydrogens is 256 g/mol. The van der Waals surface area contributed by atoms with Crippen molar-refractivity contribution in [2.75, 3.05) is 31.6 Å². The second kappa shape index (κ2) is 9.72. The summed E-state index contributed by atoms with van der Waals surface area (Å²) in [6, 6.07) is 0.571. The van der Waals surface area contributed by atoms with Crippen LogP contribution >= 0.6 is 0 Å². The van der Waals surface area contributed by atoms with Crippen molar-refractivity contribution < 1.29 is 9.15 Å². The summed E-state index contributed by atoms with van der Waals surface area (Å²) >= 11 is 0. The van der Waals surface area contributed by atoms with Gasteiger partial charge in [-0.15, -0.1) is 5.10 Å². The molecule has 20 heavy (non-hydrogen) atoms. The summed E-state index contributed by atoms with van der Waals surface area (Å²) < 4.78 is 11.1. The average molecular weight is 284 g/mol. The molecule has 1 rings (SSSR count). The van der Waals surface area contributed by atoms with E-state index in [1.807, 2.05) is 6.92 Å². The summed E-state index contributed by atoms with van der Waals surface area (Å²) in [7, 11) is 0. The quantitative estimate of drug-likeness (QED) is 0.609. The van der Waals surface area contributed by atoms with E-state index in [1.54, 1.807) is 0 Å². The van der Waals surface area contributed by atoms with Crippen molar-refractivity contribution in [2.24, 2.45) is 5.92 Å². The number of aromatic nitrogens is 2. The maximum Gasteiger partial charge on any atom is 0.315 e. The Labute approximate surface area is 121 Å². The molecule has 0 spiro atoms. The zero-order valence-corrected chi connectivity index (χ0v) is 13.1. The highest BCUT2D eigenvalue weighted by Gasteiger charge is 2.12. The third-order valence-corrected chi connectivity index (χ3v) is 2.70. The van der Waals surface area contributed by atoms with Gasteiger partial charge in [-0.2, -0.15) is 0 Å². The minimum atomic E-state index is 0.0902. The molecule has 0 bridgehead atoms. The molecule has 6 nitrogen and oxygen atoms in total. The molecule has 0 aromatic carbocycles. The van der Waals surface area contributed by atoms with Crippen LogP contribution in [0, 0.1) is 5.92 Å². The molecule has 1 aromatic heterocycles. The van der Waals surface area contributed by atoms with Crippen LogP contribution in [0.2, 0.25) is 0 Å². The molecule has 6 heteroatoms. The van der Waals surface area contributed by atoms with Crippen molar-refractivity contribution in [3.8, 4) is 0 Å². The van der Waals surface area contributed by atoms with Gasteiger partial charge < -0.3 is 19.8 Å². The average Bonchev–Trinajstić information content (AvgIpc) is 2.88. The number of nitrogens with zero attached hydrogens (tertiary/aromatic N) is 2. The molecule has 1 atom stereocenters. The zero-order valence-electron chi connectivity index (χ0n) is 13.1. The molecule has 1 unspecified atom stereocenters. The molecule has 0 aliphatic carbocycles. The van der Waals surface area contributed by atoms with Crippen molar-refractivity contribution in [1.82, 2.24) is 15.5 Å². The third-order valence-electron chi connectivity index (χ3n) is 2.70. The van der Waals surface area contributed by atoms with Gasteiger partial charge in [0.05, 0.1) is 6.04 Å². The molecule has 2 N–H and O–H groups in total. The van der Waals surface area contributed by atoms with Crippen molar-refractivity contribution in [3.63, 3.8) is 0 Å². The van der Waals surface area contributed by atoms with Gasteiger partial charge in [-0.3, -0.25) is 0 Å². The SMILES string of the molecule is CCCNC(C)c1nnc(NCCCOCC(C)C)o1. The van der Waals surface area contributed by atoms with Gasteiger partial charge >= 0.3 is 6.01 Å². The van der Waals surface area contributed by atoms with E-state index in [-0.39, 0.29) is 6.04 Å². The van der Waals surface area contributed by atoms with Gasteiger partial charge in [0.2, 0.25) is 5.89 Å². The Morgan fingerprint density at radius 3 is 2.70 bits per heavy atom. The van der Waals surface area contributed by atoms with Gasteiger partial charge in [0.15, 0.2) is 0 Å². The van der Waals surface area contributed by atoms with Crippen LogP contribution in [-0.4, -0.2) is 36.5 Å². The Balaban J connectivity index is 2.17. The highest BCUT2D eigenvalue weighted by atomic mass is 16.5. The lowest BCUT2D eigenvalue weighted by atomic mass is 10.2. The second-order valence-corrected chi connectivity index (χ2v) is 5.37. The molecule has 0 fully saturated rings. The van der Waals surface area contributed by atoms with Crippen LogP contribution in [0.3, 0.4) is 0 Å². The van der Waals surface area contributed by atoms with Crippen LogP contribution < -0.4 is 10.6 Å². The van der Waals surface area contributed by atoms with Crippen LogP contribution in [0.25, 0.3) is 0 Å². The molecule has 0 saturated heterocycles. The monoisotopic (exact) mass is 284 g/mol. The Bertz CT molecular complexity index is 355. The molecule has 1 aromatic rings. The predicted molar refractivity (Wildman–Crippen MR) is 79.8 cm³/mol. The van der Waals surface area contributed by atoms with E-state index in [0.29, 0.717) is 17.8 Å². The Morgan fingerprint density at radius 1 is 1.20 bits per heavy atom. The molecule has 116 valence electrons. The van der Waals surface area contributed by atoms with Crippen LogP contribution in [0.4, 0.5) is 6.01 Å². The number of nitrogens with one attached hydrogen (secondary N) is 2. The van der Waals surface area contributed by atoms with Crippen LogP contribution in [0.5, 0.6) is 0 Å². The summed E-state index contributed by atoms with van der Waals surface area (Å²) in [6.45, 7) is 11.7. The molecule has 0 aliphatic rings. The van der Waals surface area contributed by atoms with Gasteiger partial charge in [0.25, 0.3) is 0 Å². The summed E-state index contributed by atoms with van der Waals surface area (Å²) in [5.74, 6) is 1.20. The van der Waals surface area contributed by atoms with Crippen LogP contribution in [-0.2, 0) is 4.74 Å². The summed E-state index contributed by atoms with van der Waals surface area (Å²) in [5, 5.41) is 14.4. The summed E-state index contributed by atoms with van der Waals surface area (Å²) in [4.78, 5) is 0. The molecule has 1 heterocycles. The number of hydrogen-bond donors (Lipinski definition) is 2. The van der Waals surface area contributed by atoms with Gasteiger partial charge in [0.1, 0.15) is 0 Å². The minimum absolute atomic E-state index is 0.0902. The van der Waals surface area contributed by atoms with E-state index >= 15 is 0 Å². The van der Waals surface area contributed by atoms with Gasteiger partial charge in [0, 0.05) is 19.8 Å². The van der Waals surface area contributed by atoms with Crippen molar-refractivity contribution in [1.29, 1.82) is 0 Å². The Kier molecular flexibility index (Phi) is 8.22. The first-order chi connectivity index (χ1) is 9.63. The van der Waals surface area contributed by atoms with E-state index in [4.69, 9.17) is 9.15 Å². The van der Waals surface area contributed by atoms with Gasteiger partial charge in [-0.25, -0.2) is 0 Å². The maximum absolute atomic E-state index is 5.55. The van der Waals surface area contributed by atoms with Crippen LogP contribution in [0.1, 0.15) is 52.5 Å². The van der Waals surface area contributed by atoms with Gasteiger partial charge in [-0.1, -0.05) is 25.9 Å². The highest BCUT2D eigenvalue weighted by Crippen LogP contribution is 2.13. The topological polar surface area (TPSA) is 72.2 Å². The molecule has 0 radical (unpaired) electrons. The first kappa shape index (κ1) is 16.9. The van der Waals surface area contributed by atoms with Crippen molar-refractivity contribution in [3.05, 3.63) is 5.89 Å². The first-order valence-electron chi connectivity index (χ1n) is 7.51. The standard InChI is InChI=1S/C14H28N4O2/c1-5-7-15-12(4)13-17-18-14(20-13)16-8-6-9-19-10-11(2)3/h11-12,15H,5-10H2,1-4H3,(H,16,18). The lowest BCUT2D eigenvalue weighted by Crippen LogP contribution is -2.19. The van der Waals surface area contributed by atoms with Crippen molar-refractivity contribution in [2.45, 2.75) is 46.6 Å². The van der Waals surface area contributed by atoms with Crippen molar-refractivity contribution >= 4 is 6.01 Å². The fourth-order valence-electron chi connectivity index (χ4n) is 1.62. The zero-order chi connectivity index (χ0) is 14.8. The molecule has 0 aliphatic heterocycles. The molecular formula is C14H28N4O2. The summed E-state index contributed by atoms with van der Waals surface area (Å²) in [6.07, 6.45) is 2.01. The van der Waals surface area contributed by atoms with E-state index in [9.17, 15) is 0 Å². The Morgan fingerprint density at radius 2 is 2.00 bits per heavy atom. The third kappa shape index (κ3) is 6.86. The van der Waals surface area contributed by atoms with Crippen LogP contribution in [0.15, 0.2) is 4.42 Å². The summed E-state index contributed by atoms with van der Waals surface area (Å²) in [5.41, 5.74) is 0. The maximum atomic E-state index is 5.55. The largest absolute Gasteiger partial charge is 0.406 e. The first-order valence-corrected chi connectivity index (χ1v) is 7.51. The predicted octanol–water partition coefficient (Wildman–Crippen LogP) is 2.60. The minimum Gasteiger partial charge on any atom is -0.406 e. The Hall–Kier alpha value is -1.14. The number of anilines is 1. The lowest BCUT2D eigenvalue weighted by molar-refractivity contribution is 0.109.